The van der Waals surface area contributed by atoms with Crippen LogP contribution in [0.25, 0.3) is 0 Å². The first kappa shape index (κ1) is 17.0. The largest absolute Gasteiger partial charge is 0.480 e. The second-order valence-electron chi connectivity index (χ2n) is 8.14. The summed E-state index contributed by atoms with van der Waals surface area (Å²) < 4.78 is 1.84. The molecule has 1 saturated heterocycles. The van der Waals surface area contributed by atoms with Gasteiger partial charge in [-0.2, -0.15) is 5.10 Å². The number of fused-ring (bicyclic) bond motifs is 1. The normalized spacial score (nSPS) is 27.2. The number of aromatic nitrogens is 2. The van der Waals surface area contributed by atoms with Gasteiger partial charge < -0.3 is 10.0 Å². The van der Waals surface area contributed by atoms with Gasteiger partial charge in [0.15, 0.2) is 0 Å². The molecule has 1 amide bonds. The highest BCUT2D eigenvalue weighted by Crippen LogP contribution is 2.40. The summed E-state index contributed by atoms with van der Waals surface area (Å²) in [5.74, 6) is -0.745. The lowest BCUT2D eigenvalue weighted by Gasteiger charge is -2.33. The third kappa shape index (κ3) is 2.72. The first-order valence-corrected chi connectivity index (χ1v) is 8.82. The lowest BCUT2D eigenvalue weighted by molar-refractivity contribution is -0.141. The van der Waals surface area contributed by atoms with Crippen LogP contribution in [0.3, 0.4) is 0 Å². The number of rotatable bonds is 2. The van der Waals surface area contributed by atoms with Gasteiger partial charge in [0.2, 0.25) is 0 Å². The van der Waals surface area contributed by atoms with Crippen molar-refractivity contribution in [2.75, 3.05) is 0 Å². The Hall–Kier alpha value is -1.85. The molecule has 0 bridgehead atoms. The van der Waals surface area contributed by atoms with E-state index >= 15 is 0 Å². The zero-order valence-corrected chi connectivity index (χ0v) is 15.0. The minimum absolute atomic E-state index is 0.0599. The molecule has 0 aromatic carbocycles. The summed E-state index contributed by atoms with van der Waals surface area (Å²) in [6, 6.07) is -0.646. The molecule has 2 heterocycles. The predicted molar refractivity (Wildman–Crippen MR) is 89.9 cm³/mol. The van der Waals surface area contributed by atoms with Gasteiger partial charge in [-0.1, -0.05) is 12.8 Å². The van der Waals surface area contributed by atoms with E-state index in [2.05, 4.69) is 5.10 Å². The molecule has 6 nitrogen and oxygen atoms in total. The maximum atomic E-state index is 13.2. The number of amides is 1. The summed E-state index contributed by atoms with van der Waals surface area (Å²) >= 11 is 0. The Morgan fingerprint density at radius 3 is 2.50 bits per heavy atom. The van der Waals surface area contributed by atoms with Crippen molar-refractivity contribution in [1.29, 1.82) is 0 Å². The van der Waals surface area contributed by atoms with Crippen LogP contribution in [-0.2, 0) is 10.3 Å². The Morgan fingerprint density at radius 1 is 1.25 bits per heavy atom. The molecule has 1 N–H and O–H groups in total. The van der Waals surface area contributed by atoms with E-state index in [4.69, 9.17) is 0 Å². The molecule has 2 aliphatic rings. The maximum absolute atomic E-state index is 13.2. The smallest absolute Gasteiger partial charge is 0.326 e. The molecule has 3 rings (SSSR count). The van der Waals surface area contributed by atoms with E-state index in [-0.39, 0.29) is 17.5 Å². The number of carbonyl (C=O) groups is 2. The molecule has 24 heavy (non-hydrogen) atoms. The monoisotopic (exact) mass is 333 g/mol. The number of likely N-dealkylation sites (tertiary alicyclic amines) is 1. The summed E-state index contributed by atoms with van der Waals surface area (Å²) in [4.78, 5) is 26.6. The van der Waals surface area contributed by atoms with Crippen LogP contribution in [0.5, 0.6) is 0 Å². The molecule has 6 heteroatoms. The van der Waals surface area contributed by atoms with Crippen molar-refractivity contribution in [3.8, 4) is 0 Å². The van der Waals surface area contributed by atoms with Crippen LogP contribution in [-0.4, -0.2) is 43.7 Å². The van der Waals surface area contributed by atoms with Crippen molar-refractivity contribution < 1.29 is 14.7 Å². The van der Waals surface area contributed by atoms with Gasteiger partial charge in [0, 0.05) is 11.7 Å². The van der Waals surface area contributed by atoms with Gasteiger partial charge in [-0.05, 0) is 52.9 Å². The lowest BCUT2D eigenvalue weighted by Crippen LogP contribution is -2.46. The van der Waals surface area contributed by atoms with E-state index < -0.39 is 12.0 Å². The molecule has 3 atom stereocenters. The van der Waals surface area contributed by atoms with Gasteiger partial charge in [0.25, 0.3) is 5.91 Å². The van der Waals surface area contributed by atoms with Crippen LogP contribution >= 0.6 is 0 Å². The van der Waals surface area contributed by atoms with E-state index in [1.54, 1.807) is 11.1 Å². The van der Waals surface area contributed by atoms with Gasteiger partial charge in [-0.25, -0.2) is 4.79 Å². The number of hydrogen-bond donors (Lipinski definition) is 1. The first-order valence-electron chi connectivity index (χ1n) is 8.82. The summed E-state index contributed by atoms with van der Waals surface area (Å²) in [5.41, 5.74) is 1.12. The SMILES string of the molecule is Cc1c(C(=O)N2[C@H](C(=O)O)C[C@@H]3CCCC[C@@H]32)cnn1C(C)(C)C. The van der Waals surface area contributed by atoms with Crippen molar-refractivity contribution in [1.82, 2.24) is 14.7 Å². The van der Waals surface area contributed by atoms with Gasteiger partial charge in [0.05, 0.1) is 17.3 Å². The number of hydrogen-bond acceptors (Lipinski definition) is 3. The van der Waals surface area contributed by atoms with Crippen molar-refractivity contribution in [3.05, 3.63) is 17.5 Å². The van der Waals surface area contributed by atoms with Gasteiger partial charge >= 0.3 is 5.97 Å². The fourth-order valence-corrected chi connectivity index (χ4v) is 4.41. The summed E-state index contributed by atoms with van der Waals surface area (Å²) in [5, 5.41) is 14.0. The number of carboxylic acids is 1. The Kier molecular flexibility index (Phi) is 4.18. The topological polar surface area (TPSA) is 75.4 Å². The summed E-state index contributed by atoms with van der Waals surface area (Å²) in [7, 11) is 0. The zero-order valence-electron chi connectivity index (χ0n) is 15.0. The Morgan fingerprint density at radius 2 is 1.92 bits per heavy atom. The third-order valence-electron chi connectivity index (χ3n) is 5.48. The molecule has 132 valence electrons. The van der Waals surface area contributed by atoms with Crippen LogP contribution in [0.4, 0.5) is 0 Å². The zero-order chi connectivity index (χ0) is 17.6. The second kappa shape index (κ2) is 5.90. The van der Waals surface area contributed by atoms with E-state index in [1.807, 2.05) is 32.4 Å². The lowest BCUT2D eigenvalue weighted by atomic mass is 9.84. The number of carboxylic acid groups (broad SMARTS) is 1. The van der Waals surface area contributed by atoms with Crippen molar-refractivity contribution in [2.24, 2.45) is 5.92 Å². The van der Waals surface area contributed by atoms with E-state index in [0.29, 0.717) is 17.9 Å². The number of carbonyl (C=O) groups excluding carboxylic acids is 1. The molecular weight excluding hydrogens is 306 g/mol. The Bertz CT molecular complexity index is 659. The average molecular weight is 333 g/mol. The molecule has 0 unspecified atom stereocenters. The molecule has 1 aromatic heterocycles. The van der Waals surface area contributed by atoms with E-state index in [0.717, 1.165) is 31.4 Å². The fourth-order valence-electron chi connectivity index (χ4n) is 4.41. The van der Waals surface area contributed by atoms with Gasteiger partial charge in [-0.3, -0.25) is 9.48 Å². The van der Waals surface area contributed by atoms with Crippen LogP contribution in [0.2, 0.25) is 0 Å². The average Bonchev–Trinajstić information content (AvgIpc) is 3.06. The van der Waals surface area contributed by atoms with Crippen molar-refractivity contribution >= 4 is 11.9 Å². The molecular formula is C18H27N3O3. The molecule has 1 saturated carbocycles. The van der Waals surface area contributed by atoms with E-state index in [9.17, 15) is 14.7 Å². The van der Waals surface area contributed by atoms with Gasteiger partial charge in [-0.15, -0.1) is 0 Å². The molecule has 1 aliphatic heterocycles. The minimum Gasteiger partial charge on any atom is -0.480 e. The fraction of sp³-hybridized carbons (Fsp3) is 0.722. The third-order valence-corrected chi connectivity index (χ3v) is 5.48. The van der Waals surface area contributed by atoms with Crippen LogP contribution in [0.1, 0.15) is 68.9 Å². The highest BCUT2D eigenvalue weighted by molar-refractivity contribution is 5.98. The molecule has 1 aliphatic carbocycles. The standard InChI is InChI=1S/C18H27N3O3/c1-11-13(10-19-21(11)18(2,3)4)16(22)20-14-8-6-5-7-12(14)9-15(20)17(23)24/h10,12,14-15H,5-9H2,1-4H3,(H,23,24)/t12-,14-,15-/m0/s1. The molecule has 0 spiro atoms. The Labute approximate surface area is 142 Å². The maximum Gasteiger partial charge on any atom is 0.326 e. The van der Waals surface area contributed by atoms with Crippen molar-refractivity contribution in [2.45, 2.75) is 77.4 Å². The highest BCUT2D eigenvalue weighted by Gasteiger charge is 2.48. The van der Waals surface area contributed by atoms with Crippen LogP contribution < -0.4 is 0 Å². The first-order chi connectivity index (χ1) is 11.2. The minimum atomic E-state index is -0.890. The molecule has 2 fully saturated rings. The summed E-state index contributed by atoms with van der Waals surface area (Å²) in [6.45, 7) is 7.99. The number of aliphatic carboxylic acids is 1. The van der Waals surface area contributed by atoms with Crippen LogP contribution in [0.15, 0.2) is 6.20 Å². The van der Waals surface area contributed by atoms with E-state index in [1.165, 1.54) is 0 Å². The molecule has 0 radical (unpaired) electrons. The van der Waals surface area contributed by atoms with Crippen molar-refractivity contribution in [3.63, 3.8) is 0 Å². The van der Waals surface area contributed by atoms with Crippen LogP contribution in [0, 0.1) is 12.8 Å². The quantitative estimate of drug-likeness (QED) is 0.903. The molecule has 1 aromatic rings. The van der Waals surface area contributed by atoms with Gasteiger partial charge in [0.1, 0.15) is 6.04 Å². The number of nitrogens with zero attached hydrogens (tertiary/aromatic N) is 3. The highest BCUT2D eigenvalue weighted by atomic mass is 16.4. The second-order valence-corrected chi connectivity index (χ2v) is 8.14. The Balaban J connectivity index is 1.95. The summed E-state index contributed by atoms with van der Waals surface area (Å²) in [6.07, 6.45) is 6.31. The predicted octanol–water partition coefficient (Wildman–Crippen LogP) is 2.80.